The Morgan fingerprint density at radius 3 is 2.27 bits per heavy atom. The highest BCUT2D eigenvalue weighted by atomic mass is 16.3. The molecule has 1 radical (unpaired) electrons. The Hall–Kier alpha value is -5.74. The van der Waals surface area contributed by atoms with Crippen molar-refractivity contribution in [2.75, 3.05) is 5.32 Å². The molecule has 1 aliphatic rings. The highest BCUT2D eigenvalue weighted by Crippen LogP contribution is 2.45. The Balaban J connectivity index is 1.38. The number of hydrogen-bond donors (Lipinski definition) is 1. The number of rotatable bonds is 3. The van der Waals surface area contributed by atoms with Crippen molar-refractivity contribution in [2.45, 2.75) is 6.92 Å². The monoisotopic (exact) mass is 573 g/mol. The molecule has 9 aromatic rings. The molecular formula is C41H26BN2O. The van der Waals surface area contributed by atoms with Gasteiger partial charge in [0.25, 0.3) is 0 Å². The number of nitrogens with zero attached hydrogens (tertiary/aromatic N) is 1. The van der Waals surface area contributed by atoms with E-state index in [1.54, 1.807) is 0 Å². The van der Waals surface area contributed by atoms with E-state index < -0.39 is 0 Å². The van der Waals surface area contributed by atoms with Crippen LogP contribution >= 0.6 is 0 Å². The lowest BCUT2D eigenvalue weighted by Gasteiger charge is -2.26. The minimum Gasteiger partial charge on any atom is -0.455 e. The lowest BCUT2D eigenvalue weighted by Crippen LogP contribution is -2.37. The average Bonchev–Trinajstić information content (AvgIpc) is 3.63. The molecule has 3 nitrogen and oxygen atoms in total. The van der Waals surface area contributed by atoms with E-state index in [4.69, 9.17) is 4.42 Å². The van der Waals surface area contributed by atoms with Crippen molar-refractivity contribution in [3.05, 3.63) is 139 Å². The number of aryl methyl sites for hydroxylation is 1. The van der Waals surface area contributed by atoms with Crippen LogP contribution in [0.5, 0.6) is 0 Å². The summed E-state index contributed by atoms with van der Waals surface area (Å²) in [5, 5.41) is 11.0. The fraction of sp³-hybridized carbons (Fsp3) is 0.0244. The van der Waals surface area contributed by atoms with E-state index in [1.807, 2.05) is 6.07 Å². The van der Waals surface area contributed by atoms with Crippen LogP contribution in [0, 0.1) is 6.92 Å². The lowest BCUT2D eigenvalue weighted by molar-refractivity contribution is 0.670. The van der Waals surface area contributed by atoms with Gasteiger partial charge >= 0.3 is 0 Å². The molecular weight excluding hydrogens is 547 g/mol. The van der Waals surface area contributed by atoms with Gasteiger partial charge in [0.2, 0.25) is 0 Å². The second-order valence-corrected chi connectivity index (χ2v) is 12.0. The highest BCUT2D eigenvalue weighted by molar-refractivity contribution is 6.74. The number of benzene rings is 7. The molecule has 0 spiro atoms. The minimum atomic E-state index is 0.892. The standard InChI is InChI=1S/C41H26BN2O/c1-24-11-2-7-18-32(24)43-33-22-21-30-28-15-6-9-20-36(28)45-41(30)38(33)37-26-13-4-3-12-25(26)23-35-39(37)42-31-17-10-16-29-27-14-5-8-19-34(27)44(35)40(29)31/h2-23,43H,1H3. The van der Waals surface area contributed by atoms with Crippen molar-refractivity contribution < 1.29 is 4.42 Å². The number of nitrogens with one attached hydrogen (secondary N) is 1. The molecule has 1 N–H and O–H groups in total. The van der Waals surface area contributed by atoms with Gasteiger partial charge in [-0.05, 0) is 70.7 Å². The average molecular weight is 573 g/mol. The minimum absolute atomic E-state index is 0.892. The van der Waals surface area contributed by atoms with E-state index in [0.29, 0.717) is 0 Å². The second kappa shape index (κ2) is 9.14. The van der Waals surface area contributed by atoms with E-state index >= 15 is 0 Å². The molecule has 0 aliphatic carbocycles. The van der Waals surface area contributed by atoms with Gasteiger partial charge in [0.05, 0.1) is 11.2 Å². The largest absolute Gasteiger partial charge is 0.455 e. The van der Waals surface area contributed by atoms with E-state index in [1.165, 1.54) is 60.3 Å². The van der Waals surface area contributed by atoms with Crippen LogP contribution in [-0.2, 0) is 0 Å². The molecule has 0 amide bonds. The van der Waals surface area contributed by atoms with Crippen LogP contribution in [0.25, 0.3) is 71.3 Å². The number of fused-ring (bicyclic) bond motifs is 9. The van der Waals surface area contributed by atoms with Crippen LogP contribution in [-0.4, -0.2) is 11.8 Å². The lowest BCUT2D eigenvalue weighted by atomic mass is 9.58. The molecule has 0 saturated heterocycles. The summed E-state index contributed by atoms with van der Waals surface area (Å²) >= 11 is 0. The maximum absolute atomic E-state index is 6.81. The molecule has 7 aromatic carbocycles. The fourth-order valence-electron chi connectivity index (χ4n) is 7.52. The van der Waals surface area contributed by atoms with Crippen molar-refractivity contribution in [1.29, 1.82) is 0 Å². The molecule has 4 heteroatoms. The van der Waals surface area contributed by atoms with Crippen LogP contribution in [0.1, 0.15) is 5.56 Å². The normalized spacial score (nSPS) is 12.3. The summed E-state index contributed by atoms with van der Waals surface area (Å²) in [4.78, 5) is 0. The topological polar surface area (TPSA) is 30.1 Å². The Kier molecular flexibility index (Phi) is 5.01. The zero-order valence-corrected chi connectivity index (χ0v) is 24.6. The first-order chi connectivity index (χ1) is 22.2. The third-order valence-electron chi connectivity index (χ3n) is 9.55. The molecule has 2 aromatic heterocycles. The second-order valence-electron chi connectivity index (χ2n) is 12.0. The fourth-order valence-corrected chi connectivity index (χ4v) is 7.52. The van der Waals surface area contributed by atoms with Crippen molar-refractivity contribution >= 4 is 84.1 Å². The van der Waals surface area contributed by atoms with Gasteiger partial charge in [0.15, 0.2) is 7.28 Å². The summed E-state index contributed by atoms with van der Waals surface area (Å²) in [5.74, 6) is 0. The summed E-state index contributed by atoms with van der Waals surface area (Å²) in [6.45, 7) is 2.15. The Labute approximate surface area is 260 Å². The predicted molar refractivity (Wildman–Crippen MR) is 190 cm³/mol. The molecule has 0 unspecified atom stereocenters. The summed E-state index contributed by atoms with van der Waals surface area (Å²) in [6, 6.07) is 47.8. The van der Waals surface area contributed by atoms with Gasteiger partial charge in [0, 0.05) is 44.0 Å². The zero-order chi connectivity index (χ0) is 29.6. The Bertz CT molecular complexity index is 2680. The molecule has 0 saturated carbocycles. The van der Waals surface area contributed by atoms with E-state index in [0.717, 1.165) is 38.9 Å². The van der Waals surface area contributed by atoms with Gasteiger partial charge in [-0.1, -0.05) is 103 Å². The van der Waals surface area contributed by atoms with Gasteiger partial charge in [-0.2, -0.15) is 0 Å². The number of furan rings is 1. The first kappa shape index (κ1) is 24.7. The summed E-state index contributed by atoms with van der Waals surface area (Å²) in [5.41, 5.74) is 13.4. The van der Waals surface area contributed by atoms with E-state index in [9.17, 15) is 0 Å². The molecule has 0 atom stereocenters. The molecule has 3 heterocycles. The van der Waals surface area contributed by atoms with Gasteiger partial charge in [-0.25, -0.2) is 0 Å². The van der Waals surface area contributed by atoms with Crippen molar-refractivity contribution in [1.82, 2.24) is 4.57 Å². The molecule has 0 fully saturated rings. The smallest absolute Gasteiger partial charge is 0.197 e. The molecule has 0 bridgehead atoms. The maximum atomic E-state index is 6.81. The SMILES string of the molecule is Cc1ccccc1Nc1ccc2c(oc3ccccc32)c1-c1c2c(cc3ccccc13)-n1c3ccccc3c3cccc(c31)[B]2. The highest BCUT2D eigenvalue weighted by Gasteiger charge is 2.29. The van der Waals surface area contributed by atoms with Crippen molar-refractivity contribution in [3.63, 3.8) is 0 Å². The number of aromatic nitrogens is 1. The number of anilines is 2. The van der Waals surface area contributed by atoms with Gasteiger partial charge in [-0.15, -0.1) is 0 Å². The van der Waals surface area contributed by atoms with Crippen LogP contribution < -0.4 is 16.2 Å². The first-order valence-electron chi connectivity index (χ1n) is 15.4. The maximum Gasteiger partial charge on any atom is 0.197 e. The molecule has 1 aliphatic heterocycles. The quantitative estimate of drug-likeness (QED) is 0.213. The summed E-state index contributed by atoms with van der Waals surface area (Å²) in [7, 11) is 2.39. The van der Waals surface area contributed by atoms with Crippen molar-refractivity contribution in [3.8, 4) is 16.8 Å². The summed E-state index contributed by atoms with van der Waals surface area (Å²) in [6.07, 6.45) is 0. The molecule has 10 rings (SSSR count). The van der Waals surface area contributed by atoms with Crippen LogP contribution in [0.15, 0.2) is 138 Å². The van der Waals surface area contributed by atoms with Crippen molar-refractivity contribution in [2.24, 2.45) is 0 Å². The molecule has 45 heavy (non-hydrogen) atoms. The zero-order valence-electron chi connectivity index (χ0n) is 24.6. The third-order valence-corrected chi connectivity index (χ3v) is 9.55. The van der Waals surface area contributed by atoms with Crippen LogP contribution in [0.3, 0.4) is 0 Å². The Morgan fingerprint density at radius 2 is 1.36 bits per heavy atom. The van der Waals surface area contributed by atoms with Crippen LogP contribution in [0.4, 0.5) is 11.4 Å². The molecule has 209 valence electrons. The number of hydrogen-bond acceptors (Lipinski definition) is 2. The van der Waals surface area contributed by atoms with Gasteiger partial charge in [0.1, 0.15) is 11.2 Å². The van der Waals surface area contributed by atoms with E-state index in [2.05, 4.69) is 151 Å². The van der Waals surface area contributed by atoms with Gasteiger partial charge < -0.3 is 14.3 Å². The van der Waals surface area contributed by atoms with Gasteiger partial charge in [-0.3, -0.25) is 0 Å². The number of para-hydroxylation sites is 4. The summed E-state index contributed by atoms with van der Waals surface area (Å²) < 4.78 is 9.28. The Morgan fingerprint density at radius 1 is 0.600 bits per heavy atom. The van der Waals surface area contributed by atoms with Crippen LogP contribution in [0.2, 0.25) is 0 Å². The predicted octanol–water partition coefficient (Wildman–Crippen LogP) is 9.52. The third kappa shape index (κ3) is 3.42. The first-order valence-corrected chi connectivity index (χ1v) is 15.4. The van der Waals surface area contributed by atoms with E-state index in [-0.39, 0.29) is 0 Å².